The third-order valence-corrected chi connectivity index (χ3v) is 7.15. The average molecular weight is 604 g/mol. The molecule has 2 heterocycles. The number of hydrogen-bond acceptors (Lipinski definition) is 5. The minimum Gasteiger partial charge on any atom is -0.307 e. The molecule has 5 rings (SSSR count). The monoisotopic (exact) mass is 603 g/mol. The highest BCUT2D eigenvalue weighted by atomic mass is 35.5. The lowest BCUT2D eigenvalue weighted by Crippen LogP contribution is -2.15. The van der Waals surface area contributed by atoms with E-state index in [9.17, 15) is 14.4 Å². The molecule has 6 nitrogen and oxygen atoms in total. The Hall–Kier alpha value is -4.94. The Morgan fingerprint density at radius 3 is 1.61 bits per heavy atom. The van der Waals surface area contributed by atoms with Crippen molar-refractivity contribution in [3.8, 4) is 22.3 Å². The van der Waals surface area contributed by atoms with Crippen molar-refractivity contribution < 1.29 is 14.4 Å². The molecule has 0 aliphatic carbocycles. The van der Waals surface area contributed by atoms with Gasteiger partial charge in [0.1, 0.15) is 11.0 Å². The first-order valence-electron chi connectivity index (χ1n) is 14.1. The Kier molecular flexibility index (Phi) is 10.2. The number of amides is 1. The van der Waals surface area contributed by atoms with Crippen molar-refractivity contribution in [3.05, 3.63) is 137 Å². The molecule has 0 saturated carbocycles. The van der Waals surface area contributed by atoms with Gasteiger partial charge < -0.3 is 5.32 Å². The van der Waals surface area contributed by atoms with E-state index >= 15 is 0 Å². The Morgan fingerprint density at radius 2 is 1.11 bits per heavy atom. The van der Waals surface area contributed by atoms with E-state index in [1.165, 1.54) is 5.56 Å². The number of rotatable bonds is 6. The topological polar surface area (TPSA) is 89.0 Å². The van der Waals surface area contributed by atoms with Crippen LogP contribution in [0.5, 0.6) is 0 Å². The molecule has 44 heavy (non-hydrogen) atoms. The van der Waals surface area contributed by atoms with Crippen LogP contribution in [-0.4, -0.2) is 27.4 Å². The SMILES string of the molecule is CC(=O)c1cccc(-c2ccnc(Cl)c2)c1.CC(=O)c1cccc(-c2ccnc(NC(=O)c3ccc(C(C)(C)C)cc3)c2)c1. The van der Waals surface area contributed by atoms with Gasteiger partial charge >= 0.3 is 0 Å². The van der Waals surface area contributed by atoms with Gasteiger partial charge in [-0.2, -0.15) is 0 Å². The summed E-state index contributed by atoms with van der Waals surface area (Å²) in [6, 6.07) is 29.8. The molecule has 2 aromatic heterocycles. The first-order chi connectivity index (χ1) is 20.9. The van der Waals surface area contributed by atoms with Crippen LogP contribution in [-0.2, 0) is 5.41 Å². The van der Waals surface area contributed by atoms with Crippen LogP contribution in [0.1, 0.15) is 71.3 Å². The van der Waals surface area contributed by atoms with Crippen molar-refractivity contribution in [2.24, 2.45) is 0 Å². The van der Waals surface area contributed by atoms with Crippen LogP contribution >= 0.6 is 11.6 Å². The highest BCUT2D eigenvalue weighted by Gasteiger charge is 2.15. The van der Waals surface area contributed by atoms with E-state index < -0.39 is 0 Å². The standard InChI is InChI=1S/C24H24N2O2.C13H10ClNO/c1-16(27)18-6-5-7-19(14-18)20-12-13-25-22(15-20)26-23(28)17-8-10-21(11-9-17)24(2,3)4;1-9(16)10-3-2-4-11(7-10)12-5-6-15-13(14)8-12/h5-15H,1-4H3,(H,25,26,28);2-8H,1H3. The van der Waals surface area contributed by atoms with Crippen molar-refractivity contribution in [2.45, 2.75) is 40.0 Å². The highest BCUT2D eigenvalue weighted by Crippen LogP contribution is 2.25. The second kappa shape index (κ2) is 14.0. The number of anilines is 1. The van der Waals surface area contributed by atoms with Gasteiger partial charge in [-0.05, 0) is 95.6 Å². The summed E-state index contributed by atoms with van der Waals surface area (Å²) in [5.41, 5.74) is 6.87. The number of nitrogens with zero attached hydrogens (tertiary/aromatic N) is 2. The Bertz CT molecular complexity index is 1810. The molecule has 0 aliphatic rings. The van der Waals surface area contributed by atoms with E-state index in [4.69, 9.17) is 11.6 Å². The summed E-state index contributed by atoms with van der Waals surface area (Å²) in [7, 11) is 0. The molecule has 5 aromatic rings. The summed E-state index contributed by atoms with van der Waals surface area (Å²) in [4.78, 5) is 43.6. The lowest BCUT2D eigenvalue weighted by molar-refractivity contribution is 0.100. The van der Waals surface area contributed by atoms with Crippen molar-refractivity contribution in [1.29, 1.82) is 0 Å². The number of ketones is 2. The molecule has 3 aromatic carbocycles. The number of aromatic nitrogens is 2. The molecule has 1 N–H and O–H groups in total. The molecular weight excluding hydrogens is 570 g/mol. The van der Waals surface area contributed by atoms with Crippen LogP contribution in [0.4, 0.5) is 5.82 Å². The number of hydrogen-bond donors (Lipinski definition) is 1. The zero-order valence-electron chi connectivity index (χ0n) is 25.4. The zero-order chi connectivity index (χ0) is 31.9. The quantitative estimate of drug-likeness (QED) is 0.154. The highest BCUT2D eigenvalue weighted by molar-refractivity contribution is 6.29. The van der Waals surface area contributed by atoms with Crippen LogP contribution in [0.2, 0.25) is 5.15 Å². The summed E-state index contributed by atoms with van der Waals surface area (Å²) in [5, 5.41) is 3.30. The van der Waals surface area contributed by atoms with Crippen molar-refractivity contribution in [1.82, 2.24) is 9.97 Å². The molecule has 0 unspecified atom stereocenters. The molecule has 0 radical (unpaired) electrons. The molecule has 0 fully saturated rings. The molecule has 7 heteroatoms. The van der Waals surface area contributed by atoms with E-state index in [2.05, 4.69) is 36.1 Å². The van der Waals surface area contributed by atoms with Gasteiger partial charge in [-0.25, -0.2) is 9.97 Å². The van der Waals surface area contributed by atoms with Gasteiger partial charge in [-0.3, -0.25) is 14.4 Å². The largest absolute Gasteiger partial charge is 0.307 e. The predicted octanol–water partition coefficient (Wildman–Crippen LogP) is 9.11. The third-order valence-electron chi connectivity index (χ3n) is 6.95. The third kappa shape index (κ3) is 8.55. The summed E-state index contributed by atoms with van der Waals surface area (Å²) >= 11 is 5.82. The number of carbonyl (C=O) groups is 3. The van der Waals surface area contributed by atoms with E-state index in [0.29, 0.717) is 27.7 Å². The number of carbonyl (C=O) groups excluding carboxylic acids is 3. The number of halogens is 1. The summed E-state index contributed by atoms with van der Waals surface area (Å²) in [6.45, 7) is 9.51. The van der Waals surface area contributed by atoms with Gasteiger partial charge in [-0.15, -0.1) is 0 Å². The van der Waals surface area contributed by atoms with Crippen LogP contribution in [0, 0.1) is 0 Å². The summed E-state index contributed by atoms with van der Waals surface area (Å²) in [6.07, 6.45) is 3.30. The number of nitrogens with one attached hydrogen (secondary N) is 1. The maximum absolute atomic E-state index is 12.6. The first kappa shape index (κ1) is 32.0. The summed E-state index contributed by atoms with van der Waals surface area (Å²) in [5.74, 6) is 0.336. The smallest absolute Gasteiger partial charge is 0.256 e. The van der Waals surface area contributed by atoms with Crippen LogP contribution in [0.15, 0.2) is 109 Å². The number of pyridine rings is 2. The maximum Gasteiger partial charge on any atom is 0.256 e. The molecule has 0 bridgehead atoms. The number of Topliss-reactive ketones (excluding diaryl/α,β-unsaturated/α-hetero) is 2. The van der Waals surface area contributed by atoms with Gasteiger partial charge in [0.05, 0.1) is 0 Å². The van der Waals surface area contributed by atoms with Crippen molar-refractivity contribution >= 4 is 34.9 Å². The van der Waals surface area contributed by atoms with Crippen molar-refractivity contribution in [3.63, 3.8) is 0 Å². The molecule has 0 atom stereocenters. The lowest BCUT2D eigenvalue weighted by atomic mass is 9.87. The molecule has 0 aliphatic heterocycles. The fourth-order valence-electron chi connectivity index (χ4n) is 4.41. The Morgan fingerprint density at radius 1 is 0.614 bits per heavy atom. The van der Waals surface area contributed by atoms with E-state index in [0.717, 1.165) is 22.3 Å². The van der Waals surface area contributed by atoms with Crippen molar-refractivity contribution in [2.75, 3.05) is 5.32 Å². The molecular formula is C37H34ClN3O3. The molecule has 0 saturated heterocycles. The maximum atomic E-state index is 12.6. The van der Waals surface area contributed by atoms with Crippen LogP contribution in [0.25, 0.3) is 22.3 Å². The molecule has 0 spiro atoms. The normalized spacial score (nSPS) is 10.8. The Balaban J connectivity index is 0.000000233. The predicted molar refractivity (Wildman–Crippen MR) is 177 cm³/mol. The number of benzene rings is 3. The van der Waals surface area contributed by atoms with Gasteiger partial charge in [0, 0.05) is 29.1 Å². The first-order valence-corrected chi connectivity index (χ1v) is 14.5. The van der Waals surface area contributed by atoms with E-state index in [-0.39, 0.29) is 22.9 Å². The minimum atomic E-state index is -0.206. The zero-order valence-corrected chi connectivity index (χ0v) is 26.1. The van der Waals surface area contributed by atoms with Crippen LogP contribution < -0.4 is 5.32 Å². The fourth-order valence-corrected chi connectivity index (χ4v) is 4.58. The summed E-state index contributed by atoms with van der Waals surface area (Å²) < 4.78 is 0. The van der Waals surface area contributed by atoms with E-state index in [1.54, 1.807) is 50.5 Å². The average Bonchev–Trinajstić information content (AvgIpc) is 3.01. The van der Waals surface area contributed by atoms with Gasteiger partial charge in [0.15, 0.2) is 11.6 Å². The van der Waals surface area contributed by atoms with E-state index in [1.807, 2.05) is 72.8 Å². The Labute approximate surface area is 263 Å². The molecule has 222 valence electrons. The van der Waals surface area contributed by atoms with Crippen LogP contribution in [0.3, 0.4) is 0 Å². The minimum absolute atomic E-state index is 0.0168. The fraction of sp³-hybridized carbons (Fsp3) is 0.162. The molecule has 1 amide bonds. The van der Waals surface area contributed by atoms with Gasteiger partial charge in [0.25, 0.3) is 5.91 Å². The second-order valence-electron chi connectivity index (χ2n) is 11.4. The van der Waals surface area contributed by atoms with Gasteiger partial charge in [0.2, 0.25) is 0 Å². The lowest BCUT2D eigenvalue weighted by Gasteiger charge is -2.19. The van der Waals surface area contributed by atoms with Gasteiger partial charge in [-0.1, -0.05) is 80.9 Å². The second-order valence-corrected chi connectivity index (χ2v) is 11.7.